The topological polar surface area (TPSA) is 20.3 Å². The van der Waals surface area contributed by atoms with Crippen LogP contribution in [0.15, 0.2) is 18.2 Å². The van der Waals surface area contributed by atoms with Gasteiger partial charge in [0, 0.05) is 16.6 Å². The summed E-state index contributed by atoms with van der Waals surface area (Å²) >= 11 is 6.16. The number of halogens is 1. The molecule has 1 aliphatic heterocycles. The summed E-state index contributed by atoms with van der Waals surface area (Å²) < 4.78 is 0. The summed E-state index contributed by atoms with van der Waals surface area (Å²) in [7, 11) is 2.10. The van der Waals surface area contributed by atoms with E-state index in [1.165, 1.54) is 6.42 Å². The quantitative estimate of drug-likeness (QED) is 0.719. The lowest BCUT2D eigenvalue weighted by molar-refractivity contribution is 0.112. The zero-order valence-electron chi connectivity index (χ0n) is 8.74. The molecule has 1 aromatic rings. The number of benzene rings is 1. The Morgan fingerprint density at radius 3 is 2.93 bits per heavy atom. The van der Waals surface area contributed by atoms with Crippen molar-refractivity contribution in [1.29, 1.82) is 0 Å². The van der Waals surface area contributed by atoms with Crippen LogP contribution in [0, 0.1) is 0 Å². The SMILES string of the molecule is CN1CCCC1c1cc(C=O)ccc1Cl. The first-order valence-electron chi connectivity index (χ1n) is 5.17. The second kappa shape index (κ2) is 4.33. The number of hydrogen-bond donors (Lipinski definition) is 0. The van der Waals surface area contributed by atoms with Crippen LogP contribution in [0.1, 0.15) is 34.8 Å². The van der Waals surface area contributed by atoms with Crippen molar-refractivity contribution < 1.29 is 4.79 Å². The molecule has 1 aliphatic rings. The normalized spacial score (nSPS) is 21.9. The summed E-state index contributed by atoms with van der Waals surface area (Å²) in [5.41, 5.74) is 1.79. The van der Waals surface area contributed by atoms with Crippen molar-refractivity contribution in [2.24, 2.45) is 0 Å². The van der Waals surface area contributed by atoms with Crippen molar-refractivity contribution in [3.05, 3.63) is 34.3 Å². The highest BCUT2D eigenvalue weighted by Crippen LogP contribution is 2.34. The largest absolute Gasteiger partial charge is 0.299 e. The van der Waals surface area contributed by atoms with E-state index < -0.39 is 0 Å². The molecule has 1 unspecified atom stereocenters. The van der Waals surface area contributed by atoms with Crippen molar-refractivity contribution in [1.82, 2.24) is 4.90 Å². The molecule has 1 fully saturated rings. The molecule has 2 rings (SSSR count). The minimum Gasteiger partial charge on any atom is -0.299 e. The average Bonchev–Trinajstić information content (AvgIpc) is 2.65. The Kier molecular flexibility index (Phi) is 3.08. The van der Waals surface area contributed by atoms with Crippen molar-refractivity contribution in [3.8, 4) is 0 Å². The van der Waals surface area contributed by atoms with E-state index in [-0.39, 0.29) is 0 Å². The predicted octanol–water partition coefficient (Wildman–Crippen LogP) is 2.92. The third-order valence-corrected chi connectivity index (χ3v) is 3.38. The monoisotopic (exact) mass is 223 g/mol. The fourth-order valence-electron chi connectivity index (χ4n) is 2.19. The van der Waals surface area contributed by atoms with Gasteiger partial charge < -0.3 is 0 Å². The molecule has 80 valence electrons. The van der Waals surface area contributed by atoms with Gasteiger partial charge in [-0.1, -0.05) is 17.7 Å². The highest BCUT2D eigenvalue weighted by Gasteiger charge is 2.24. The Morgan fingerprint density at radius 2 is 2.33 bits per heavy atom. The Labute approximate surface area is 94.8 Å². The van der Waals surface area contributed by atoms with Gasteiger partial charge in [-0.15, -0.1) is 0 Å². The van der Waals surface area contributed by atoms with Crippen molar-refractivity contribution >= 4 is 17.9 Å². The van der Waals surface area contributed by atoms with Crippen LogP contribution in [0.5, 0.6) is 0 Å². The van der Waals surface area contributed by atoms with E-state index >= 15 is 0 Å². The number of carbonyl (C=O) groups excluding carboxylic acids is 1. The van der Waals surface area contributed by atoms with E-state index in [2.05, 4.69) is 11.9 Å². The number of hydrogen-bond acceptors (Lipinski definition) is 2. The fraction of sp³-hybridized carbons (Fsp3) is 0.417. The maximum atomic E-state index is 10.7. The summed E-state index contributed by atoms with van der Waals surface area (Å²) in [6, 6.07) is 5.85. The summed E-state index contributed by atoms with van der Waals surface area (Å²) in [6.07, 6.45) is 3.19. The van der Waals surface area contributed by atoms with Gasteiger partial charge in [0.05, 0.1) is 0 Å². The Balaban J connectivity index is 2.37. The van der Waals surface area contributed by atoms with Crippen LogP contribution in [0.2, 0.25) is 5.02 Å². The molecule has 3 heteroatoms. The van der Waals surface area contributed by atoms with Crippen LogP contribution in [0.25, 0.3) is 0 Å². The molecule has 0 aromatic heterocycles. The predicted molar refractivity (Wildman–Crippen MR) is 61.4 cm³/mol. The van der Waals surface area contributed by atoms with Gasteiger partial charge in [0.25, 0.3) is 0 Å². The first-order valence-corrected chi connectivity index (χ1v) is 5.55. The molecule has 0 bridgehead atoms. The minimum absolute atomic E-state index is 0.373. The van der Waals surface area contributed by atoms with Gasteiger partial charge in [-0.3, -0.25) is 9.69 Å². The molecule has 0 radical (unpaired) electrons. The highest BCUT2D eigenvalue weighted by molar-refractivity contribution is 6.31. The third kappa shape index (κ3) is 2.06. The number of aldehydes is 1. The molecule has 1 saturated heterocycles. The molecule has 1 atom stereocenters. The standard InChI is InChI=1S/C12H14ClNO/c1-14-6-2-3-12(14)10-7-9(8-15)4-5-11(10)13/h4-5,7-8,12H,2-3,6H2,1H3. The lowest BCUT2D eigenvalue weighted by atomic mass is 10.0. The van der Waals surface area contributed by atoms with E-state index in [9.17, 15) is 4.79 Å². The van der Waals surface area contributed by atoms with Crippen LogP contribution in [0.3, 0.4) is 0 Å². The molecule has 0 spiro atoms. The van der Waals surface area contributed by atoms with Gasteiger partial charge in [-0.25, -0.2) is 0 Å². The molecule has 0 saturated carbocycles. The zero-order chi connectivity index (χ0) is 10.8. The molecule has 1 aromatic carbocycles. The minimum atomic E-state index is 0.373. The van der Waals surface area contributed by atoms with E-state index in [0.717, 1.165) is 29.8 Å². The zero-order valence-corrected chi connectivity index (χ0v) is 9.50. The molecular formula is C12H14ClNO. The molecule has 2 nitrogen and oxygen atoms in total. The number of nitrogens with zero attached hydrogens (tertiary/aromatic N) is 1. The fourth-order valence-corrected chi connectivity index (χ4v) is 2.44. The molecule has 0 aliphatic carbocycles. The average molecular weight is 224 g/mol. The van der Waals surface area contributed by atoms with Crippen LogP contribution in [-0.4, -0.2) is 24.8 Å². The lowest BCUT2D eigenvalue weighted by Gasteiger charge is -2.21. The number of likely N-dealkylation sites (tertiary alicyclic amines) is 1. The van der Waals surface area contributed by atoms with Gasteiger partial charge in [0.1, 0.15) is 6.29 Å². The molecule has 0 amide bonds. The van der Waals surface area contributed by atoms with Gasteiger partial charge in [0.2, 0.25) is 0 Å². The van der Waals surface area contributed by atoms with E-state index in [0.29, 0.717) is 11.6 Å². The first kappa shape index (κ1) is 10.7. The van der Waals surface area contributed by atoms with Crippen LogP contribution in [0.4, 0.5) is 0 Å². The Morgan fingerprint density at radius 1 is 1.53 bits per heavy atom. The Hall–Kier alpha value is -0.860. The van der Waals surface area contributed by atoms with Crippen molar-refractivity contribution in [3.63, 3.8) is 0 Å². The Bertz CT molecular complexity index is 378. The van der Waals surface area contributed by atoms with Crippen LogP contribution >= 0.6 is 11.6 Å². The van der Waals surface area contributed by atoms with Crippen LogP contribution < -0.4 is 0 Å². The second-order valence-electron chi connectivity index (χ2n) is 4.04. The number of carbonyl (C=O) groups is 1. The van der Waals surface area contributed by atoms with Gasteiger partial charge in [-0.2, -0.15) is 0 Å². The van der Waals surface area contributed by atoms with Crippen LogP contribution in [-0.2, 0) is 0 Å². The highest BCUT2D eigenvalue weighted by atomic mass is 35.5. The molecule has 15 heavy (non-hydrogen) atoms. The van der Waals surface area contributed by atoms with E-state index in [1.807, 2.05) is 12.1 Å². The molecule has 0 N–H and O–H groups in total. The maximum absolute atomic E-state index is 10.7. The summed E-state index contributed by atoms with van der Waals surface area (Å²) in [4.78, 5) is 13.0. The van der Waals surface area contributed by atoms with Gasteiger partial charge >= 0.3 is 0 Å². The van der Waals surface area contributed by atoms with Crippen molar-refractivity contribution in [2.75, 3.05) is 13.6 Å². The number of rotatable bonds is 2. The smallest absolute Gasteiger partial charge is 0.150 e. The third-order valence-electron chi connectivity index (χ3n) is 3.04. The van der Waals surface area contributed by atoms with Gasteiger partial charge in [-0.05, 0) is 44.1 Å². The maximum Gasteiger partial charge on any atom is 0.150 e. The van der Waals surface area contributed by atoms with E-state index in [4.69, 9.17) is 11.6 Å². The summed E-state index contributed by atoms with van der Waals surface area (Å²) in [5.74, 6) is 0. The molecule has 1 heterocycles. The second-order valence-corrected chi connectivity index (χ2v) is 4.44. The van der Waals surface area contributed by atoms with Gasteiger partial charge in [0.15, 0.2) is 0 Å². The summed E-state index contributed by atoms with van der Waals surface area (Å²) in [6.45, 7) is 1.10. The van der Waals surface area contributed by atoms with Crippen molar-refractivity contribution in [2.45, 2.75) is 18.9 Å². The first-order chi connectivity index (χ1) is 7.22. The lowest BCUT2D eigenvalue weighted by Crippen LogP contribution is -2.17. The molecular weight excluding hydrogens is 210 g/mol. The van der Waals surface area contributed by atoms with E-state index in [1.54, 1.807) is 6.07 Å². The summed E-state index contributed by atoms with van der Waals surface area (Å²) in [5, 5.41) is 0.763.